The van der Waals surface area contributed by atoms with E-state index in [1.807, 2.05) is 26.0 Å². The molecule has 1 aromatic rings. The Bertz CT molecular complexity index is 764. The number of aryl methyl sites for hydroxylation is 1. The minimum absolute atomic E-state index is 0.289. The van der Waals surface area contributed by atoms with E-state index in [4.69, 9.17) is 4.74 Å². The lowest BCUT2D eigenvalue weighted by atomic mass is 10.1. The van der Waals surface area contributed by atoms with Crippen molar-refractivity contribution >= 4 is 24.0 Å². The maximum atomic E-state index is 14.4. The quantitative estimate of drug-likeness (QED) is 0.256. The van der Waals surface area contributed by atoms with Crippen LogP contribution in [-0.2, 0) is 9.53 Å². The lowest BCUT2D eigenvalue weighted by Gasteiger charge is -2.24. The Morgan fingerprint density at radius 2 is 2.14 bits per heavy atom. The average molecular weight is 408 g/mol. The third-order valence-corrected chi connectivity index (χ3v) is 5.97. The molecule has 0 aliphatic heterocycles. The van der Waals surface area contributed by atoms with Crippen LogP contribution in [-0.4, -0.2) is 30.7 Å². The van der Waals surface area contributed by atoms with E-state index in [1.54, 1.807) is 32.2 Å². The fourth-order valence-corrected chi connectivity index (χ4v) is 4.24. The smallest absolute Gasteiger partial charge is 0.215 e. The van der Waals surface area contributed by atoms with Gasteiger partial charge in [0.1, 0.15) is 23.1 Å². The Labute approximate surface area is 171 Å². The Morgan fingerprint density at radius 3 is 2.64 bits per heavy atom. The Balaban J connectivity index is 2.37. The molecule has 5 nitrogen and oxygen atoms in total. The van der Waals surface area contributed by atoms with Crippen LogP contribution < -0.4 is 10.0 Å². The molecule has 0 bridgehead atoms. The van der Waals surface area contributed by atoms with Gasteiger partial charge in [-0.2, -0.15) is 0 Å². The molecule has 2 unspecified atom stereocenters. The maximum Gasteiger partial charge on any atom is 0.215 e. The highest BCUT2D eigenvalue weighted by molar-refractivity contribution is 7.98. The molecule has 0 radical (unpaired) electrons. The summed E-state index contributed by atoms with van der Waals surface area (Å²) in [7, 11) is 3.19. The summed E-state index contributed by atoms with van der Waals surface area (Å²) in [6, 6.07) is 4.93. The molecule has 0 heterocycles. The summed E-state index contributed by atoms with van der Waals surface area (Å²) < 4.78 is 23.3. The topological polar surface area (TPSA) is 53.6 Å². The van der Waals surface area contributed by atoms with E-state index in [-0.39, 0.29) is 11.5 Å². The lowest BCUT2D eigenvalue weighted by Crippen LogP contribution is -2.28. The average Bonchev–Trinajstić information content (AvgIpc) is 3.44. The Morgan fingerprint density at radius 1 is 1.43 bits per heavy atom. The number of nitrogens with zero attached hydrogens (tertiary/aromatic N) is 1. The van der Waals surface area contributed by atoms with E-state index in [2.05, 4.69) is 23.9 Å². The van der Waals surface area contributed by atoms with Gasteiger partial charge in [-0.15, -0.1) is 0 Å². The van der Waals surface area contributed by atoms with E-state index in [9.17, 15) is 9.18 Å². The van der Waals surface area contributed by atoms with Gasteiger partial charge in [0.15, 0.2) is 0 Å². The molecule has 7 heteroatoms. The van der Waals surface area contributed by atoms with Crippen molar-refractivity contribution < 1.29 is 13.9 Å². The second-order valence-electron chi connectivity index (χ2n) is 7.31. The molecule has 1 aliphatic rings. The number of halogens is 1. The monoisotopic (exact) mass is 407 g/mol. The molecule has 1 saturated carbocycles. The summed E-state index contributed by atoms with van der Waals surface area (Å²) in [4.78, 5) is 12.9. The molecule has 28 heavy (non-hydrogen) atoms. The van der Waals surface area contributed by atoms with Crippen molar-refractivity contribution in [3.8, 4) is 0 Å². The van der Waals surface area contributed by atoms with Gasteiger partial charge in [-0.3, -0.25) is 4.79 Å². The Kier molecular flexibility index (Phi) is 7.80. The van der Waals surface area contributed by atoms with Crippen LogP contribution in [0.2, 0.25) is 0 Å². The van der Waals surface area contributed by atoms with E-state index in [0.717, 1.165) is 12.0 Å². The number of ether oxygens (including phenoxy) is 1. The fraction of sp³-hybridized carbons (Fsp3) is 0.476. The molecule has 154 valence electrons. The number of carbonyl (C=O) groups excluding carboxylic acids is 1. The van der Waals surface area contributed by atoms with Gasteiger partial charge in [0.25, 0.3) is 0 Å². The number of hydrogen-bond acceptors (Lipinski definition) is 5. The standard InChI is InChI=1S/C21H30FN3O2S/c1-7-18(27-6)20(24-28-19-11-15(19)13(2)3)21(25(5)12-26)23-17-9-8-14(4)10-16(17)22/h7-10,12-13,15,19,23-24H,11H2,1-6H3/b18-7+,21-20+. The largest absolute Gasteiger partial charge is 0.495 e. The number of amides is 1. The number of anilines is 1. The van der Waals surface area contributed by atoms with Crippen LogP contribution in [0.5, 0.6) is 0 Å². The van der Waals surface area contributed by atoms with Gasteiger partial charge in [-0.1, -0.05) is 19.9 Å². The van der Waals surface area contributed by atoms with Crippen LogP contribution >= 0.6 is 11.9 Å². The number of methoxy groups -OCH3 is 1. The summed E-state index contributed by atoms with van der Waals surface area (Å²) in [6.07, 6.45) is 3.64. The van der Waals surface area contributed by atoms with Gasteiger partial charge >= 0.3 is 0 Å². The predicted molar refractivity (Wildman–Crippen MR) is 114 cm³/mol. The highest BCUT2D eigenvalue weighted by atomic mass is 32.2. The minimum atomic E-state index is -0.384. The second-order valence-corrected chi connectivity index (χ2v) is 8.35. The minimum Gasteiger partial charge on any atom is -0.495 e. The molecule has 0 saturated heterocycles. The molecular weight excluding hydrogens is 377 g/mol. The molecule has 2 N–H and O–H groups in total. The molecular formula is C21H30FN3O2S. The normalized spacial score (nSPS) is 19.8. The molecule has 2 atom stereocenters. The van der Waals surface area contributed by atoms with Crippen molar-refractivity contribution in [3.05, 3.63) is 52.9 Å². The molecule has 1 fully saturated rings. The van der Waals surface area contributed by atoms with Crippen LogP contribution in [0.3, 0.4) is 0 Å². The van der Waals surface area contributed by atoms with Crippen molar-refractivity contribution in [1.29, 1.82) is 0 Å². The molecule has 1 aromatic carbocycles. The van der Waals surface area contributed by atoms with Crippen LogP contribution in [0.1, 0.15) is 32.8 Å². The number of rotatable bonds is 10. The first kappa shape index (κ1) is 22.1. The molecule has 0 spiro atoms. The van der Waals surface area contributed by atoms with Crippen molar-refractivity contribution in [2.75, 3.05) is 19.5 Å². The van der Waals surface area contributed by atoms with E-state index in [0.29, 0.717) is 40.8 Å². The van der Waals surface area contributed by atoms with E-state index in [1.165, 1.54) is 11.0 Å². The lowest BCUT2D eigenvalue weighted by molar-refractivity contribution is -0.115. The third kappa shape index (κ3) is 5.44. The molecule has 1 aliphatic carbocycles. The molecule has 2 rings (SSSR count). The van der Waals surface area contributed by atoms with Crippen LogP contribution in [0.15, 0.2) is 41.6 Å². The summed E-state index contributed by atoms with van der Waals surface area (Å²) >= 11 is 1.61. The predicted octanol–water partition coefficient (Wildman–Crippen LogP) is 4.64. The van der Waals surface area contributed by atoms with Gasteiger partial charge in [-0.25, -0.2) is 4.39 Å². The van der Waals surface area contributed by atoms with Crippen LogP contribution in [0.4, 0.5) is 10.1 Å². The summed E-state index contributed by atoms with van der Waals surface area (Å²) in [5.41, 5.74) is 1.71. The molecule has 1 amide bonds. The highest BCUT2D eigenvalue weighted by Gasteiger charge is 2.40. The second kappa shape index (κ2) is 9.87. The van der Waals surface area contributed by atoms with Crippen LogP contribution in [0, 0.1) is 24.6 Å². The van der Waals surface area contributed by atoms with E-state index < -0.39 is 0 Å². The fourth-order valence-electron chi connectivity index (χ4n) is 2.97. The molecule has 0 aromatic heterocycles. The highest BCUT2D eigenvalue weighted by Crippen LogP contribution is 2.45. The number of hydrogen-bond donors (Lipinski definition) is 2. The van der Waals surface area contributed by atoms with E-state index >= 15 is 0 Å². The van der Waals surface area contributed by atoms with Crippen molar-refractivity contribution in [2.45, 2.75) is 39.4 Å². The first-order valence-electron chi connectivity index (χ1n) is 9.40. The van der Waals surface area contributed by atoms with Gasteiger partial charge in [0.05, 0.1) is 12.8 Å². The third-order valence-electron chi connectivity index (χ3n) is 4.80. The van der Waals surface area contributed by atoms with Gasteiger partial charge in [0.2, 0.25) is 6.41 Å². The van der Waals surface area contributed by atoms with Gasteiger partial charge in [-0.05, 0) is 67.8 Å². The first-order chi connectivity index (χ1) is 13.3. The van der Waals surface area contributed by atoms with Crippen molar-refractivity contribution in [1.82, 2.24) is 9.62 Å². The number of nitrogens with one attached hydrogen (secondary N) is 2. The number of carbonyl (C=O) groups is 1. The zero-order valence-electron chi connectivity index (χ0n) is 17.4. The number of benzene rings is 1. The number of allylic oxidation sites excluding steroid dienone is 1. The van der Waals surface area contributed by atoms with Crippen molar-refractivity contribution in [3.63, 3.8) is 0 Å². The zero-order chi connectivity index (χ0) is 20.8. The SMILES string of the molecule is C/C=C(OC)\C(NSC1CC1C(C)C)=C(\Nc1ccc(C)cc1F)N(C)C=O. The maximum absolute atomic E-state index is 14.4. The van der Waals surface area contributed by atoms with Crippen LogP contribution in [0.25, 0.3) is 0 Å². The summed E-state index contributed by atoms with van der Waals surface area (Å²) in [5, 5.41) is 3.56. The zero-order valence-corrected chi connectivity index (χ0v) is 18.2. The van der Waals surface area contributed by atoms with Crippen molar-refractivity contribution in [2.24, 2.45) is 11.8 Å². The summed E-state index contributed by atoms with van der Waals surface area (Å²) in [5.74, 6) is 1.91. The summed E-state index contributed by atoms with van der Waals surface area (Å²) in [6.45, 7) is 8.13. The van der Waals surface area contributed by atoms with Gasteiger partial charge in [0, 0.05) is 12.3 Å². The van der Waals surface area contributed by atoms with Gasteiger partial charge < -0.3 is 19.7 Å². The first-order valence-corrected chi connectivity index (χ1v) is 10.3. The Hall–Kier alpha value is -2.15.